The Bertz CT molecular complexity index is 760. The van der Waals surface area contributed by atoms with Gasteiger partial charge in [0.25, 0.3) is 5.91 Å². The van der Waals surface area contributed by atoms with Crippen LogP contribution in [0.1, 0.15) is 21.8 Å². The van der Waals surface area contributed by atoms with E-state index >= 15 is 0 Å². The van der Waals surface area contributed by atoms with E-state index in [0.29, 0.717) is 12.1 Å². The van der Waals surface area contributed by atoms with Crippen molar-refractivity contribution in [2.24, 2.45) is 0 Å². The summed E-state index contributed by atoms with van der Waals surface area (Å²) in [5, 5.41) is 8.06. The number of benzene rings is 1. The van der Waals surface area contributed by atoms with Crippen LogP contribution in [0.4, 0.5) is 0 Å². The van der Waals surface area contributed by atoms with Gasteiger partial charge in [0.2, 0.25) is 0 Å². The molecule has 0 radical (unpaired) electrons. The molecule has 0 aliphatic rings. The van der Waals surface area contributed by atoms with E-state index in [-0.39, 0.29) is 5.91 Å². The van der Waals surface area contributed by atoms with Crippen LogP contribution in [-0.4, -0.2) is 32.8 Å². The Kier molecular flexibility index (Phi) is 3.74. The lowest BCUT2D eigenvalue weighted by Crippen LogP contribution is -2.26. The summed E-state index contributed by atoms with van der Waals surface area (Å²) in [6.07, 6.45) is 3.57. The quantitative estimate of drug-likeness (QED) is 0.742. The van der Waals surface area contributed by atoms with E-state index in [1.54, 1.807) is 35.0 Å². The van der Waals surface area contributed by atoms with Gasteiger partial charge in [-0.2, -0.15) is 5.10 Å². The van der Waals surface area contributed by atoms with Gasteiger partial charge in [0.05, 0.1) is 12.2 Å². The number of nitrogens with zero attached hydrogens (tertiary/aromatic N) is 4. The maximum Gasteiger partial charge on any atom is 0.253 e. The second-order valence-electron chi connectivity index (χ2n) is 5.09. The number of amides is 1. The van der Waals surface area contributed by atoms with Crippen molar-refractivity contribution < 1.29 is 9.32 Å². The number of carbonyl (C=O) groups excluding carboxylic acids is 1. The molecule has 2 heterocycles. The lowest BCUT2D eigenvalue weighted by atomic mass is 10.2. The minimum atomic E-state index is -0.0623. The first kappa shape index (κ1) is 14.1. The average molecular weight is 296 g/mol. The van der Waals surface area contributed by atoms with E-state index < -0.39 is 0 Å². The van der Waals surface area contributed by atoms with Gasteiger partial charge in [0.15, 0.2) is 0 Å². The van der Waals surface area contributed by atoms with Gasteiger partial charge in [-0.15, -0.1) is 0 Å². The van der Waals surface area contributed by atoms with Crippen LogP contribution in [0, 0.1) is 6.92 Å². The van der Waals surface area contributed by atoms with E-state index in [4.69, 9.17) is 4.52 Å². The van der Waals surface area contributed by atoms with Gasteiger partial charge >= 0.3 is 0 Å². The van der Waals surface area contributed by atoms with E-state index in [0.717, 1.165) is 17.1 Å². The molecule has 3 aromatic rings. The molecule has 1 aromatic carbocycles. The summed E-state index contributed by atoms with van der Waals surface area (Å²) in [7, 11) is 1.74. The largest absolute Gasteiger partial charge is 0.361 e. The molecule has 0 saturated heterocycles. The first-order valence-corrected chi connectivity index (χ1v) is 6.91. The number of rotatable bonds is 4. The molecule has 0 N–H and O–H groups in total. The fourth-order valence-electron chi connectivity index (χ4n) is 2.21. The van der Waals surface area contributed by atoms with E-state index in [2.05, 4.69) is 10.3 Å². The molecule has 0 unspecified atom stereocenters. The lowest BCUT2D eigenvalue weighted by Gasteiger charge is -2.15. The Balaban J connectivity index is 1.71. The molecule has 0 aliphatic heterocycles. The van der Waals surface area contributed by atoms with Crippen LogP contribution in [0.5, 0.6) is 0 Å². The normalized spacial score (nSPS) is 10.6. The number of hydrogen-bond acceptors (Lipinski definition) is 4. The van der Waals surface area contributed by atoms with Crippen LogP contribution in [0.15, 0.2) is 53.3 Å². The highest BCUT2D eigenvalue weighted by molar-refractivity contribution is 5.94. The third-order valence-corrected chi connectivity index (χ3v) is 3.31. The molecule has 0 bridgehead atoms. The summed E-state index contributed by atoms with van der Waals surface area (Å²) in [5.41, 5.74) is 2.27. The fraction of sp³-hybridized carbons (Fsp3) is 0.188. The van der Waals surface area contributed by atoms with Crippen molar-refractivity contribution in [3.63, 3.8) is 0 Å². The SMILES string of the molecule is Cc1cc(CN(C)C(=O)c2ccc(-n3cccn3)cc2)no1. The number of aryl methyl sites for hydroxylation is 1. The molecule has 112 valence electrons. The molecule has 0 saturated carbocycles. The molecular formula is C16H16N4O2. The molecule has 0 fully saturated rings. The van der Waals surface area contributed by atoms with Gasteiger partial charge < -0.3 is 9.42 Å². The summed E-state index contributed by atoms with van der Waals surface area (Å²) in [4.78, 5) is 14.0. The van der Waals surface area contributed by atoms with Crippen molar-refractivity contribution in [2.75, 3.05) is 7.05 Å². The van der Waals surface area contributed by atoms with Crippen molar-refractivity contribution in [1.82, 2.24) is 19.8 Å². The monoisotopic (exact) mass is 296 g/mol. The zero-order chi connectivity index (χ0) is 15.5. The Labute approximate surface area is 127 Å². The first-order valence-electron chi connectivity index (χ1n) is 6.91. The van der Waals surface area contributed by atoms with Crippen molar-refractivity contribution >= 4 is 5.91 Å². The van der Waals surface area contributed by atoms with Crippen LogP contribution in [0.3, 0.4) is 0 Å². The van der Waals surface area contributed by atoms with Gasteiger partial charge in [-0.25, -0.2) is 4.68 Å². The fourth-order valence-corrected chi connectivity index (χ4v) is 2.21. The highest BCUT2D eigenvalue weighted by Gasteiger charge is 2.14. The summed E-state index contributed by atoms with van der Waals surface area (Å²) in [6.45, 7) is 2.24. The molecule has 0 aliphatic carbocycles. The topological polar surface area (TPSA) is 64.2 Å². The van der Waals surface area contributed by atoms with Gasteiger partial charge in [-0.05, 0) is 37.3 Å². The molecule has 6 heteroatoms. The second-order valence-corrected chi connectivity index (χ2v) is 5.09. The first-order chi connectivity index (χ1) is 10.6. The van der Waals surface area contributed by atoms with Gasteiger partial charge in [0, 0.05) is 31.1 Å². The highest BCUT2D eigenvalue weighted by atomic mass is 16.5. The molecule has 6 nitrogen and oxygen atoms in total. The molecule has 1 amide bonds. The van der Waals surface area contributed by atoms with E-state index in [1.165, 1.54) is 0 Å². The minimum Gasteiger partial charge on any atom is -0.361 e. The Morgan fingerprint density at radius 2 is 2.09 bits per heavy atom. The Hall–Kier alpha value is -2.89. The molecule has 22 heavy (non-hydrogen) atoms. The standard InChI is InChI=1S/C16H16N4O2/c1-12-10-14(18-22-12)11-19(2)16(21)13-4-6-15(7-5-13)20-9-3-8-17-20/h3-10H,11H2,1-2H3. The maximum absolute atomic E-state index is 12.4. The predicted molar refractivity (Wildman–Crippen MR) is 80.6 cm³/mol. The zero-order valence-electron chi connectivity index (χ0n) is 12.4. The number of hydrogen-bond donors (Lipinski definition) is 0. The highest BCUT2D eigenvalue weighted by Crippen LogP contribution is 2.12. The third-order valence-electron chi connectivity index (χ3n) is 3.31. The second kappa shape index (κ2) is 5.85. The molecule has 0 atom stereocenters. The van der Waals surface area contributed by atoms with Crippen LogP contribution in [0.2, 0.25) is 0 Å². The summed E-state index contributed by atoms with van der Waals surface area (Å²) < 4.78 is 6.76. The third kappa shape index (κ3) is 2.90. The summed E-state index contributed by atoms with van der Waals surface area (Å²) in [6, 6.07) is 11.0. The Morgan fingerprint density at radius 1 is 1.32 bits per heavy atom. The molecule has 0 spiro atoms. The zero-order valence-corrected chi connectivity index (χ0v) is 12.4. The van der Waals surface area contributed by atoms with E-state index in [1.807, 2.05) is 37.4 Å². The lowest BCUT2D eigenvalue weighted by molar-refractivity contribution is 0.0782. The molecule has 2 aromatic heterocycles. The Morgan fingerprint density at radius 3 is 2.68 bits per heavy atom. The number of aromatic nitrogens is 3. The molecular weight excluding hydrogens is 280 g/mol. The molecule has 3 rings (SSSR count). The smallest absolute Gasteiger partial charge is 0.253 e. The summed E-state index contributed by atoms with van der Waals surface area (Å²) >= 11 is 0. The van der Waals surface area contributed by atoms with E-state index in [9.17, 15) is 4.79 Å². The van der Waals surface area contributed by atoms with Crippen molar-refractivity contribution in [3.05, 3.63) is 65.8 Å². The maximum atomic E-state index is 12.4. The predicted octanol–water partition coefficient (Wildman–Crippen LogP) is 2.44. The van der Waals surface area contributed by atoms with Gasteiger partial charge in [-0.1, -0.05) is 5.16 Å². The van der Waals surface area contributed by atoms with Gasteiger partial charge in [-0.3, -0.25) is 4.79 Å². The van der Waals surface area contributed by atoms with Crippen molar-refractivity contribution in [3.8, 4) is 5.69 Å². The van der Waals surface area contributed by atoms with Gasteiger partial charge in [0.1, 0.15) is 11.5 Å². The van der Waals surface area contributed by atoms with Crippen LogP contribution in [-0.2, 0) is 6.54 Å². The van der Waals surface area contributed by atoms with Crippen molar-refractivity contribution in [2.45, 2.75) is 13.5 Å². The summed E-state index contributed by atoms with van der Waals surface area (Å²) in [5.74, 6) is 0.673. The van der Waals surface area contributed by atoms with Crippen LogP contribution >= 0.6 is 0 Å². The van der Waals surface area contributed by atoms with Crippen LogP contribution < -0.4 is 0 Å². The average Bonchev–Trinajstić information content (AvgIpc) is 3.18. The minimum absolute atomic E-state index is 0.0623. The van der Waals surface area contributed by atoms with Crippen LogP contribution in [0.25, 0.3) is 5.69 Å². The van der Waals surface area contributed by atoms with Crippen molar-refractivity contribution in [1.29, 1.82) is 0 Å². The number of carbonyl (C=O) groups is 1.